The van der Waals surface area contributed by atoms with Crippen LogP contribution in [-0.4, -0.2) is 240 Å². The first-order chi connectivity index (χ1) is 70.4. The van der Waals surface area contributed by atoms with Crippen molar-refractivity contribution >= 4 is 131 Å². The number of carbonyl (C=O) groups excluding carboxylic acids is 4. The lowest BCUT2D eigenvalue weighted by Gasteiger charge is -2.45. The number of nitrogens with one attached hydrogen (secondary N) is 10. The highest BCUT2D eigenvalue weighted by Crippen LogP contribution is 2.46. The third-order valence-electron chi connectivity index (χ3n) is 30.1. The smallest absolute Gasteiger partial charge is 0.254 e. The number of likely N-dealkylation sites (N-methyl/N-ethyl adjacent to an activating group) is 2. The molecular formula is C106H110FN31O7. The normalized spacial score (nSPS) is 18.4. The maximum Gasteiger partial charge on any atom is 0.254 e. The number of rotatable bonds is 20. The zero-order valence-corrected chi connectivity index (χ0v) is 81.7. The van der Waals surface area contributed by atoms with Gasteiger partial charge in [0.15, 0.2) is 5.82 Å². The number of carbonyl (C=O) groups is 4. The molecule has 0 spiro atoms. The predicted molar refractivity (Wildman–Crippen MR) is 553 cm³/mol. The minimum atomic E-state index is -0.680. The number of aryl methyl sites for hydroxylation is 4. The molecule has 11 N–H and O–H groups in total. The maximum atomic E-state index is 13.6. The van der Waals surface area contributed by atoms with Crippen LogP contribution in [-0.2, 0) is 56.8 Å². The molecule has 6 fully saturated rings. The molecule has 1 saturated carbocycles. The number of pyridine rings is 10. The molecule has 738 valence electrons. The lowest BCUT2D eigenvalue weighted by atomic mass is 9.94. The van der Waals surface area contributed by atoms with Crippen molar-refractivity contribution in [2.24, 2.45) is 27.1 Å². The average molecular weight is 1950 g/mol. The van der Waals surface area contributed by atoms with Crippen LogP contribution in [0.3, 0.4) is 0 Å². The number of morpholine rings is 2. The van der Waals surface area contributed by atoms with Crippen molar-refractivity contribution in [1.29, 1.82) is 0 Å². The second-order valence-corrected chi connectivity index (χ2v) is 39.2. The zero-order chi connectivity index (χ0) is 99.4. The Morgan fingerprint density at radius 2 is 1.00 bits per heavy atom. The van der Waals surface area contributed by atoms with Crippen LogP contribution >= 0.6 is 0 Å². The molecule has 0 radical (unpaired) electrons. The molecule has 10 aliphatic rings. The Bertz CT molecular complexity index is 7810. The number of ether oxygens (including phenoxy) is 2. The SMILES string of the molecule is CN(C)C(C)(C)C1CN(c2ccc(Nc3cnc(-c4ccnc5c4ccn5C)c4c3C(=O)NC4)nc2)CCO1.Cc1ccc(Nc2cnc(-c3ccnc4c3ccn4C)c3c2C(=O)NC3)nc1N(C)C1CNC1.Cn1ccc2c(-c3ncc(Nc4cncc(N5CC[C@@H]6CNC[C@@H]65)n4)c4c3CNC4=O)ccnc21.O=C1NCc2c(-c3cnc4cc(F)ccn34)ccc(Nc3ccc(N4CCO[C@@H](C5(O)CC5)C4)cn3)c21. The van der Waals surface area contributed by atoms with Gasteiger partial charge in [0.25, 0.3) is 23.6 Å². The molecule has 9 aliphatic heterocycles. The van der Waals surface area contributed by atoms with Crippen LogP contribution in [0.1, 0.15) is 102 Å². The second kappa shape index (κ2) is 37.7. The van der Waals surface area contributed by atoms with E-state index in [9.17, 15) is 28.7 Å². The molecule has 1 aliphatic carbocycles. The van der Waals surface area contributed by atoms with Gasteiger partial charge in [-0.3, -0.25) is 43.5 Å². The van der Waals surface area contributed by atoms with Gasteiger partial charge in [-0.1, -0.05) is 12.1 Å². The fraction of sp³-hybridized carbons (Fsp3) is 0.321. The molecule has 0 bridgehead atoms. The molecule has 145 heavy (non-hydrogen) atoms. The Balaban J connectivity index is 0.000000107. The van der Waals surface area contributed by atoms with Gasteiger partial charge in [0.2, 0.25) is 0 Å². The highest BCUT2D eigenvalue weighted by atomic mass is 19.1. The van der Waals surface area contributed by atoms with Gasteiger partial charge in [-0.25, -0.2) is 44.3 Å². The van der Waals surface area contributed by atoms with Crippen LogP contribution < -0.4 is 72.8 Å². The number of hydrogen-bond acceptors (Lipinski definition) is 30. The molecule has 38 nitrogen and oxygen atoms in total. The minimum Gasteiger partial charge on any atom is -0.387 e. The van der Waals surface area contributed by atoms with E-state index in [1.165, 1.54) is 18.6 Å². The van der Waals surface area contributed by atoms with Gasteiger partial charge in [0.1, 0.15) is 63.6 Å². The van der Waals surface area contributed by atoms with E-state index >= 15 is 0 Å². The summed E-state index contributed by atoms with van der Waals surface area (Å²) in [7, 11) is 12.1. The third-order valence-corrected chi connectivity index (χ3v) is 30.1. The van der Waals surface area contributed by atoms with Crippen molar-refractivity contribution in [3.63, 3.8) is 0 Å². The van der Waals surface area contributed by atoms with Crippen LogP contribution in [0.2, 0.25) is 0 Å². The number of halogens is 1. The van der Waals surface area contributed by atoms with Crippen LogP contribution in [0.25, 0.3) is 83.8 Å². The van der Waals surface area contributed by atoms with Crippen molar-refractivity contribution in [2.75, 3.05) is 134 Å². The van der Waals surface area contributed by atoms with Gasteiger partial charge < -0.3 is 106 Å². The molecule has 1 unspecified atom stereocenters. The molecule has 4 atom stereocenters. The topological polar surface area (TPSA) is 417 Å². The summed E-state index contributed by atoms with van der Waals surface area (Å²) in [6, 6.07) is 31.3. The molecule has 4 amide bonds. The number of anilines is 12. The lowest BCUT2D eigenvalue weighted by Crippen LogP contribution is -2.57. The Kier molecular flexibility index (Phi) is 24.1. The molecule has 24 heterocycles. The van der Waals surface area contributed by atoms with E-state index in [1.54, 1.807) is 62.0 Å². The van der Waals surface area contributed by atoms with E-state index < -0.39 is 5.60 Å². The van der Waals surface area contributed by atoms with E-state index in [1.807, 2.05) is 143 Å². The summed E-state index contributed by atoms with van der Waals surface area (Å²) in [5, 5.41) is 45.4. The monoisotopic (exact) mass is 1950 g/mol. The van der Waals surface area contributed by atoms with Crippen molar-refractivity contribution in [1.82, 2.24) is 115 Å². The molecule has 16 aromatic rings. The Morgan fingerprint density at radius 1 is 0.490 bits per heavy atom. The van der Waals surface area contributed by atoms with Gasteiger partial charge in [0, 0.05) is 229 Å². The van der Waals surface area contributed by atoms with E-state index in [4.69, 9.17) is 34.4 Å². The summed E-state index contributed by atoms with van der Waals surface area (Å²) in [5.41, 5.74) is 20.9. The summed E-state index contributed by atoms with van der Waals surface area (Å²) < 4.78 is 33.3. The molecule has 26 rings (SSSR count). The van der Waals surface area contributed by atoms with Crippen LogP contribution in [0.5, 0.6) is 0 Å². The van der Waals surface area contributed by atoms with Gasteiger partial charge in [-0.15, -0.1) is 0 Å². The first kappa shape index (κ1) is 92.6. The van der Waals surface area contributed by atoms with Gasteiger partial charge in [-0.05, 0) is 150 Å². The number of benzene rings is 1. The number of aromatic nitrogens is 16. The highest BCUT2D eigenvalue weighted by molar-refractivity contribution is 6.10. The van der Waals surface area contributed by atoms with Crippen LogP contribution in [0, 0.1) is 18.7 Å². The summed E-state index contributed by atoms with van der Waals surface area (Å²) in [5.74, 6) is 4.18. The molecule has 5 saturated heterocycles. The van der Waals surface area contributed by atoms with E-state index in [-0.39, 0.29) is 47.2 Å². The quantitative estimate of drug-likeness (QED) is 0.0337. The fourth-order valence-corrected chi connectivity index (χ4v) is 21.1. The first-order valence-electron chi connectivity index (χ1n) is 48.9. The largest absolute Gasteiger partial charge is 0.387 e. The predicted octanol–water partition coefficient (Wildman–Crippen LogP) is 11.8. The molecule has 15 aromatic heterocycles. The number of amides is 4. The van der Waals surface area contributed by atoms with Gasteiger partial charge in [0.05, 0.1) is 160 Å². The number of nitrogens with zero attached hydrogens (tertiary/aromatic N) is 21. The lowest BCUT2D eigenvalue weighted by molar-refractivity contribution is -0.0586. The van der Waals surface area contributed by atoms with E-state index in [0.717, 1.165) is 194 Å². The minimum absolute atomic E-state index is 0.0854. The molecule has 1 aromatic carbocycles. The first-order valence-corrected chi connectivity index (χ1v) is 48.9. The maximum absolute atomic E-state index is 13.6. The number of aliphatic hydroxyl groups is 1. The third kappa shape index (κ3) is 17.4. The average Bonchev–Trinajstić information content (AvgIpc) is 1.62. The van der Waals surface area contributed by atoms with Crippen molar-refractivity contribution in [2.45, 2.75) is 102 Å². The number of fused-ring (bicyclic) bond motifs is 9. The molecular weight excluding hydrogens is 1840 g/mol. The van der Waals surface area contributed by atoms with Crippen molar-refractivity contribution in [3.8, 4) is 45.0 Å². The number of imidazole rings is 1. The Labute approximate surface area is 833 Å². The van der Waals surface area contributed by atoms with E-state index in [2.05, 4.69) is 167 Å². The summed E-state index contributed by atoms with van der Waals surface area (Å²) in [6.45, 7) is 17.3. The summed E-state index contributed by atoms with van der Waals surface area (Å²) in [4.78, 5) is 118. The standard InChI is InChI=1S/C29H34N8O2.C27H25FN6O3.C25H25N9O.C25H26N8O/c1-29(2,35(3)4)23-17-37(12-13-39-23)18-6-7-24(31-14-18)34-22-16-32-26(21-15-33-28(38)25(21)22)19-8-10-30-27-20(19)9-11-36(27)5;28-16-5-8-34-21(14-30-24(34)11-16)18-2-3-20(25-19(18)13-31-26(25)35)32-23-4-1-17(12-29-23)33-9-10-37-22(15-33)27(36)6-7-27;1-33-6-4-16-15(2-5-28-24(16)33)23-17-9-30-25(35)22(17)18(10-29-23)31-20-12-27-13-21(32-20)34-7-3-14-8-26-11-19(14)34;1-14-4-5-20(31-23(14)33(3)15-10-26-11-15)30-19-13-28-22(18-12-29-25(34)21(18)19)16-6-8-27-24-17(16)7-9-32(24)2/h6-11,14,16,23H,12-13,15,17H2,1-5H3,(H,31,34)(H,33,38);1-5,8,11-12,14,22,36H,6-7,9-10,13,15H2,(H,29,32)(H,31,35);2,4-6,10,12-14,19,26H,3,7-9,11H2,1H3,(H,30,35)(H,31,32);4-9,13,15,26H,10-12H2,1-3H3,(H,29,34)(H,30,31)/t;22-;14-,19+;/m.11./s1. The van der Waals surface area contributed by atoms with Crippen molar-refractivity contribution < 1.29 is 38.1 Å². The summed E-state index contributed by atoms with van der Waals surface area (Å²) in [6.07, 6.45) is 29.6. The van der Waals surface area contributed by atoms with Gasteiger partial charge >= 0.3 is 0 Å². The Hall–Kier alpha value is -16.1. The highest BCUT2D eigenvalue weighted by Gasteiger charge is 2.50. The van der Waals surface area contributed by atoms with Gasteiger partial charge in [-0.2, -0.15) is 0 Å². The zero-order valence-electron chi connectivity index (χ0n) is 81.7. The second-order valence-electron chi connectivity index (χ2n) is 39.2. The van der Waals surface area contributed by atoms with E-state index in [0.29, 0.717) is 138 Å². The van der Waals surface area contributed by atoms with Crippen LogP contribution in [0.15, 0.2) is 190 Å². The fourth-order valence-electron chi connectivity index (χ4n) is 21.1. The Morgan fingerprint density at radius 3 is 1.53 bits per heavy atom. The van der Waals surface area contributed by atoms with Crippen LogP contribution in [0.4, 0.5) is 73.4 Å². The molecule has 39 heteroatoms. The van der Waals surface area contributed by atoms with Crippen molar-refractivity contribution in [3.05, 3.63) is 246 Å². The number of hydrogen-bond donors (Lipinski definition) is 11. The summed E-state index contributed by atoms with van der Waals surface area (Å²) >= 11 is 0.